The maximum Gasteiger partial charge on any atom is 0.331 e. The molecule has 0 aliphatic carbocycles. The largest absolute Gasteiger partial charge is 0.361 e. The molecule has 9 nitrogen and oxygen atoms in total. The van der Waals surface area contributed by atoms with Gasteiger partial charge in [-0.25, -0.2) is 14.5 Å². The summed E-state index contributed by atoms with van der Waals surface area (Å²) in [5, 5.41) is 6.91. The van der Waals surface area contributed by atoms with Crippen LogP contribution in [-0.4, -0.2) is 53.1 Å². The number of aromatic nitrogens is 1. The van der Waals surface area contributed by atoms with Gasteiger partial charge in [-0.1, -0.05) is 11.2 Å². The van der Waals surface area contributed by atoms with Crippen molar-refractivity contribution >= 4 is 29.3 Å². The zero-order valence-electron chi connectivity index (χ0n) is 15.7. The number of likely N-dealkylation sites (tertiary alicyclic amines) is 1. The van der Waals surface area contributed by atoms with Crippen molar-refractivity contribution < 1.29 is 18.9 Å². The molecule has 0 radical (unpaired) electrons. The Balaban J connectivity index is 1.51. The van der Waals surface area contributed by atoms with Gasteiger partial charge in [-0.15, -0.1) is 0 Å². The first kappa shape index (κ1) is 18.0. The molecule has 2 saturated heterocycles. The standard InChI is InChI=1S/C19H21N5O4/c1-12-9-15(21-28-12)16-7-4-8-23(16)18(26)20-13-5-3-6-14(10-13)24-17(25)11-22(2)19(24)27/h3,5-6,9-10,16H,4,7-8,11H2,1-2H3,(H,20,26). The molecule has 0 bridgehead atoms. The number of nitrogens with zero attached hydrogens (tertiary/aromatic N) is 4. The lowest BCUT2D eigenvalue weighted by atomic mass is 10.1. The molecule has 2 aliphatic rings. The Morgan fingerprint density at radius 1 is 1.29 bits per heavy atom. The number of anilines is 2. The van der Waals surface area contributed by atoms with Gasteiger partial charge in [-0.05, 0) is 38.0 Å². The number of rotatable bonds is 3. The summed E-state index contributed by atoms with van der Waals surface area (Å²) in [6, 6.07) is 7.80. The number of benzene rings is 1. The first-order valence-electron chi connectivity index (χ1n) is 9.13. The fourth-order valence-corrected chi connectivity index (χ4v) is 3.65. The van der Waals surface area contributed by atoms with Gasteiger partial charge < -0.3 is 19.6 Å². The van der Waals surface area contributed by atoms with Gasteiger partial charge >= 0.3 is 12.1 Å². The molecule has 5 amide bonds. The number of carbonyl (C=O) groups excluding carboxylic acids is 3. The molecule has 1 atom stereocenters. The lowest BCUT2D eigenvalue weighted by Crippen LogP contribution is -2.35. The quantitative estimate of drug-likeness (QED) is 0.822. The number of likely N-dealkylation sites (N-methyl/N-ethyl adjacent to an activating group) is 1. The van der Waals surface area contributed by atoms with E-state index in [1.807, 2.05) is 13.0 Å². The molecule has 28 heavy (non-hydrogen) atoms. The zero-order chi connectivity index (χ0) is 19.8. The third-order valence-corrected chi connectivity index (χ3v) is 5.00. The monoisotopic (exact) mass is 383 g/mol. The molecule has 1 unspecified atom stereocenters. The summed E-state index contributed by atoms with van der Waals surface area (Å²) in [4.78, 5) is 41.3. The van der Waals surface area contributed by atoms with Gasteiger partial charge in [-0.3, -0.25) is 4.79 Å². The maximum atomic E-state index is 12.8. The molecule has 1 aromatic carbocycles. The van der Waals surface area contributed by atoms with E-state index in [0.29, 0.717) is 23.7 Å². The fraction of sp³-hybridized carbons (Fsp3) is 0.368. The van der Waals surface area contributed by atoms with E-state index in [2.05, 4.69) is 10.5 Å². The number of hydrogen-bond acceptors (Lipinski definition) is 5. The van der Waals surface area contributed by atoms with Crippen LogP contribution in [0.3, 0.4) is 0 Å². The Bertz CT molecular complexity index is 940. The first-order valence-corrected chi connectivity index (χ1v) is 9.13. The van der Waals surface area contributed by atoms with Crippen LogP contribution in [-0.2, 0) is 4.79 Å². The third-order valence-electron chi connectivity index (χ3n) is 5.00. The van der Waals surface area contributed by atoms with Crippen LogP contribution in [0.25, 0.3) is 0 Å². The minimum atomic E-state index is -0.380. The normalized spacial score (nSPS) is 19.6. The number of imide groups is 1. The van der Waals surface area contributed by atoms with E-state index in [1.165, 1.54) is 4.90 Å². The second-order valence-corrected chi connectivity index (χ2v) is 7.06. The molecule has 2 fully saturated rings. The Kier molecular flexibility index (Phi) is 4.50. The molecule has 4 rings (SSSR count). The van der Waals surface area contributed by atoms with Crippen molar-refractivity contribution in [1.82, 2.24) is 15.0 Å². The van der Waals surface area contributed by atoms with E-state index in [4.69, 9.17) is 4.52 Å². The first-order chi connectivity index (χ1) is 13.4. The highest BCUT2D eigenvalue weighted by Crippen LogP contribution is 2.32. The van der Waals surface area contributed by atoms with Gasteiger partial charge in [0.2, 0.25) is 0 Å². The molecule has 0 saturated carbocycles. The van der Waals surface area contributed by atoms with E-state index < -0.39 is 0 Å². The number of carbonyl (C=O) groups is 3. The highest BCUT2D eigenvalue weighted by atomic mass is 16.5. The number of aryl methyl sites for hydroxylation is 1. The van der Waals surface area contributed by atoms with Crippen molar-refractivity contribution in [1.29, 1.82) is 0 Å². The lowest BCUT2D eigenvalue weighted by molar-refractivity contribution is -0.116. The Morgan fingerprint density at radius 2 is 2.11 bits per heavy atom. The van der Waals surface area contributed by atoms with E-state index in [0.717, 1.165) is 23.4 Å². The van der Waals surface area contributed by atoms with E-state index in [9.17, 15) is 14.4 Å². The van der Waals surface area contributed by atoms with Crippen LogP contribution in [0.2, 0.25) is 0 Å². The zero-order valence-corrected chi connectivity index (χ0v) is 15.7. The van der Waals surface area contributed by atoms with Crippen molar-refractivity contribution in [2.24, 2.45) is 0 Å². The van der Waals surface area contributed by atoms with Gasteiger partial charge in [0.05, 0.1) is 11.7 Å². The van der Waals surface area contributed by atoms with Crippen LogP contribution in [0.1, 0.15) is 30.3 Å². The van der Waals surface area contributed by atoms with Crippen LogP contribution in [0.4, 0.5) is 21.0 Å². The summed E-state index contributed by atoms with van der Waals surface area (Å²) in [6.07, 6.45) is 1.70. The van der Waals surface area contributed by atoms with Crippen LogP contribution in [0.15, 0.2) is 34.9 Å². The topological polar surface area (TPSA) is 99.0 Å². The second-order valence-electron chi connectivity index (χ2n) is 7.06. The summed E-state index contributed by atoms with van der Waals surface area (Å²) in [5.74, 6) is 0.414. The molecule has 2 aliphatic heterocycles. The summed E-state index contributed by atoms with van der Waals surface area (Å²) >= 11 is 0. The van der Waals surface area contributed by atoms with Gasteiger partial charge in [0.25, 0.3) is 5.91 Å². The Morgan fingerprint density at radius 3 is 2.79 bits per heavy atom. The van der Waals surface area contributed by atoms with Gasteiger partial charge in [0, 0.05) is 25.3 Å². The van der Waals surface area contributed by atoms with Crippen LogP contribution < -0.4 is 10.2 Å². The SMILES string of the molecule is Cc1cc(C2CCCN2C(=O)Nc2cccc(N3C(=O)CN(C)C3=O)c2)no1. The molecule has 0 spiro atoms. The highest BCUT2D eigenvalue weighted by Gasteiger charge is 2.35. The average Bonchev–Trinajstić information content (AvgIpc) is 3.35. The van der Waals surface area contributed by atoms with Gasteiger partial charge in [-0.2, -0.15) is 0 Å². The summed E-state index contributed by atoms with van der Waals surface area (Å²) in [7, 11) is 1.57. The number of hydrogen-bond donors (Lipinski definition) is 1. The molecular formula is C19H21N5O4. The van der Waals surface area contributed by atoms with Crippen molar-refractivity contribution in [3.63, 3.8) is 0 Å². The third kappa shape index (κ3) is 3.19. The Labute approximate surface area is 161 Å². The van der Waals surface area contributed by atoms with Crippen LogP contribution in [0.5, 0.6) is 0 Å². The van der Waals surface area contributed by atoms with E-state index in [-0.39, 0.29) is 30.6 Å². The van der Waals surface area contributed by atoms with Crippen molar-refractivity contribution in [3.8, 4) is 0 Å². The summed E-state index contributed by atoms with van der Waals surface area (Å²) in [5.41, 5.74) is 1.69. The molecule has 146 valence electrons. The lowest BCUT2D eigenvalue weighted by Gasteiger charge is -2.23. The number of urea groups is 2. The van der Waals surface area contributed by atoms with Crippen LogP contribution >= 0.6 is 0 Å². The molecule has 9 heteroatoms. The predicted molar refractivity (Wildman–Crippen MR) is 101 cm³/mol. The molecule has 1 N–H and O–H groups in total. The smallest absolute Gasteiger partial charge is 0.331 e. The highest BCUT2D eigenvalue weighted by molar-refractivity contribution is 6.19. The van der Waals surface area contributed by atoms with Crippen molar-refractivity contribution in [2.75, 3.05) is 30.4 Å². The molecule has 3 heterocycles. The predicted octanol–water partition coefficient (Wildman–Crippen LogP) is 2.75. The minimum Gasteiger partial charge on any atom is -0.361 e. The van der Waals surface area contributed by atoms with Gasteiger partial charge in [0.15, 0.2) is 0 Å². The maximum absolute atomic E-state index is 12.8. The Hall–Kier alpha value is -3.36. The van der Waals surface area contributed by atoms with E-state index in [1.54, 1.807) is 36.2 Å². The number of nitrogens with one attached hydrogen (secondary N) is 1. The average molecular weight is 383 g/mol. The summed E-state index contributed by atoms with van der Waals surface area (Å²) < 4.78 is 5.14. The minimum absolute atomic E-state index is 0.0436. The summed E-state index contributed by atoms with van der Waals surface area (Å²) in [6.45, 7) is 2.48. The van der Waals surface area contributed by atoms with E-state index >= 15 is 0 Å². The van der Waals surface area contributed by atoms with Crippen LogP contribution in [0, 0.1) is 6.92 Å². The van der Waals surface area contributed by atoms with Crippen molar-refractivity contribution in [2.45, 2.75) is 25.8 Å². The fourth-order valence-electron chi connectivity index (χ4n) is 3.65. The molecule has 1 aromatic heterocycles. The van der Waals surface area contributed by atoms with Gasteiger partial charge in [0.1, 0.15) is 18.0 Å². The van der Waals surface area contributed by atoms with Crippen molar-refractivity contribution in [3.05, 3.63) is 41.8 Å². The second kappa shape index (κ2) is 6.99. The molecular weight excluding hydrogens is 362 g/mol. The molecule has 2 aromatic rings. The number of amides is 5.